The van der Waals surface area contributed by atoms with Gasteiger partial charge in [-0.3, -0.25) is 9.78 Å². The van der Waals surface area contributed by atoms with Crippen LogP contribution in [-0.4, -0.2) is 29.5 Å². The Balaban J connectivity index is 1.58. The van der Waals surface area contributed by atoms with Gasteiger partial charge in [0, 0.05) is 44.3 Å². The van der Waals surface area contributed by atoms with Crippen LogP contribution in [-0.2, 0) is 13.0 Å². The molecule has 3 rings (SSSR count). The third kappa shape index (κ3) is 5.34. The van der Waals surface area contributed by atoms with E-state index in [4.69, 9.17) is 0 Å². The Morgan fingerprint density at radius 3 is 2.52 bits per heavy atom. The normalized spacial score (nSPS) is 10.4. The summed E-state index contributed by atoms with van der Waals surface area (Å²) in [5.74, 6) is 0.252. The smallest absolute Gasteiger partial charge is 0.251 e. The molecule has 27 heavy (non-hydrogen) atoms. The van der Waals surface area contributed by atoms with Crippen molar-refractivity contribution in [3.63, 3.8) is 0 Å². The number of anilines is 1. The van der Waals surface area contributed by atoms with E-state index < -0.39 is 0 Å². The van der Waals surface area contributed by atoms with E-state index in [2.05, 4.69) is 15.3 Å². The monoisotopic (exact) mass is 364 g/mol. The van der Waals surface area contributed by atoms with E-state index in [1.54, 1.807) is 42.9 Å². The SMILES string of the molecule is CN(CCc1ccncc1)c1cc(C(=O)NCc2ccc(F)cc2)ccn1. The second-order valence-electron chi connectivity index (χ2n) is 6.24. The topological polar surface area (TPSA) is 58.1 Å². The van der Waals surface area contributed by atoms with Crippen LogP contribution in [0.3, 0.4) is 0 Å². The molecule has 2 heterocycles. The molecule has 0 radical (unpaired) electrons. The van der Waals surface area contributed by atoms with Gasteiger partial charge in [-0.1, -0.05) is 12.1 Å². The van der Waals surface area contributed by atoms with Gasteiger partial charge in [0.2, 0.25) is 0 Å². The molecule has 0 aliphatic carbocycles. The first-order valence-corrected chi connectivity index (χ1v) is 8.70. The minimum atomic E-state index is -0.293. The molecule has 0 bridgehead atoms. The van der Waals surface area contributed by atoms with E-state index >= 15 is 0 Å². The predicted molar refractivity (Wildman–Crippen MR) is 103 cm³/mol. The lowest BCUT2D eigenvalue weighted by Gasteiger charge is -2.18. The number of nitrogens with zero attached hydrogens (tertiary/aromatic N) is 3. The third-order valence-electron chi connectivity index (χ3n) is 4.25. The van der Waals surface area contributed by atoms with Gasteiger partial charge in [-0.25, -0.2) is 9.37 Å². The number of pyridine rings is 2. The fraction of sp³-hybridized carbons (Fsp3) is 0.190. The van der Waals surface area contributed by atoms with E-state index in [1.807, 2.05) is 24.1 Å². The van der Waals surface area contributed by atoms with Crippen LogP contribution < -0.4 is 10.2 Å². The summed E-state index contributed by atoms with van der Waals surface area (Å²) in [6.07, 6.45) is 6.05. The second kappa shape index (κ2) is 8.89. The Morgan fingerprint density at radius 1 is 1.04 bits per heavy atom. The number of hydrogen-bond donors (Lipinski definition) is 1. The van der Waals surface area contributed by atoms with Gasteiger partial charge in [0.15, 0.2) is 0 Å². The molecule has 138 valence electrons. The van der Waals surface area contributed by atoms with Crippen LogP contribution in [0.1, 0.15) is 21.5 Å². The average Bonchev–Trinajstić information content (AvgIpc) is 2.72. The maximum Gasteiger partial charge on any atom is 0.251 e. The quantitative estimate of drug-likeness (QED) is 0.699. The first-order valence-electron chi connectivity index (χ1n) is 8.70. The van der Waals surface area contributed by atoms with E-state index in [0.717, 1.165) is 24.3 Å². The van der Waals surface area contributed by atoms with Crippen molar-refractivity contribution >= 4 is 11.7 Å². The minimum Gasteiger partial charge on any atom is -0.359 e. The highest BCUT2D eigenvalue weighted by molar-refractivity contribution is 5.94. The van der Waals surface area contributed by atoms with Crippen LogP contribution in [0, 0.1) is 5.82 Å². The van der Waals surface area contributed by atoms with Crippen LogP contribution in [0.25, 0.3) is 0 Å². The second-order valence-corrected chi connectivity index (χ2v) is 6.24. The molecule has 1 aromatic carbocycles. The molecule has 0 spiro atoms. The van der Waals surface area contributed by atoms with Crippen molar-refractivity contribution in [2.75, 3.05) is 18.5 Å². The predicted octanol–water partition coefficient (Wildman–Crippen LogP) is 3.22. The molecule has 2 aromatic heterocycles. The zero-order valence-corrected chi connectivity index (χ0v) is 15.1. The molecular weight excluding hydrogens is 343 g/mol. The first-order chi connectivity index (χ1) is 13.1. The Hall–Kier alpha value is -3.28. The number of amides is 1. The van der Waals surface area contributed by atoms with Crippen LogP contribution in [0.2, 0.25) is 0 Å². The van der Waals surface area contributed by atoms with Gasteiger partial charge >= 0.3 is 0 Å². The van der Waals surface area contributed by atoms with Crippen molar-refractivity contribution in [3.05, 3.63) is 89.6 Å². The van der Waals surface area contributed by atoms with Crippen LogP contribution in [0.4, 0.5) is 10.2 Å². The van der Waals surface area contributed by atoms with Crippen LogP contribution in [0.15, 0.2) is 67.1 Å². The maximum atomic E-state index is 12.9. The van der Waals surface area contributed by atoms with Gasteiger partial charge < -0.3 is 10.2 Å². The Bertz CT molecular complexity index is 884. The summed E-state index contributed by atoms with van der Waals surface area (Å²) in [6.45, 7) is 1.12. The summed E-state index contributed by atoms with van der Waals surface area (Å²) < 4.78 is 12.9. The number of nitrogens with one attached hydrogen (secondary N) is 1. The van der Waals surface area contributed by atoms with E-state index in [9.17, 15) is 9.18 Å². The van der Waals surface area contributed by atoms with Gasteiger partial charge in [-0.05, 0) is 53.9 Å². The molecule has 3 aromatic rings. The average molecular weight is 364 g/mol. The maximum absolute atomic E-state index is 12.9. The molecule has 0 atom stereocenters. The van der Waals surface area contributed by atoms with E-state index in [-0.39, 0.29) is 11.7 Å². The van der Waals surface area contributed by atoms with Crippen molar-refractivity contribution < 1.29 is 9.18 Å². The highest BCUT2D eigenvalue weighted by Crippen LogP contribution is 2.12. The van der Waals surface area contributed by atoms with Crippen LogP contribution in [0.5, 0.6) is 0 Å². The number of likely N-dealkylation sites (N-methyl/N-ethyl adjacent to an activating group) is 1. The van der Waals surface area contributed by atoms with Crippen molar-refractivity contribution in [2.45, 2.75) is 13.0 Å². The summed E-state index contributed by atoms with van der Waals surface area (Å²) >= 11 is 0. The number of benzene rings is 1. The lowest BCUT2D eigenvalue weighted by molar-refractivity contribution is 0.0951. The molecule has 0 saturated carbocycles. The molecule has 0 unspecified atom stereocenters. The largest absolute Gasteiger partial charge is 0.359 e. The number of aromatic nitrogens is 2. The molecule has 0 saturated heterocycles. The lowest BCUT2D eigenvalue weighted by atomic mass is 10.2. The van der Waals surface area contributed by atoms with Crippen LogP contribution >= 0.6 is 0 Å². The molecule has 6 heteroatoms. The van der Waals surface area contributed by atoms with Crippen molar-refractivity contribution in [1.82, 2.24) is 15.3 Å². The minimum absolute atomic E-state index is 0.189. The molecule has 1 amide bonds. The zero-order valence-electron chi connectivity index (χ0n) is 15.1. The van der Waals surface area contributed by atoms with Gasteiger partial charge in [-0.2, -0.15) is 0 Å². The van der Waals surface area contributed by atoms with Gasteiger partial charge in [0.25, 0.3) is 5.91 Å². The lowest BCUT2D eigenvalue weighted by Crippen LogP contribution is -2.25. The summed E-state index contributed by atoms with van der Waals surface area (Å²) in [4.78, 5) is 22.8. The highest BCUT2D eigenvalue weighted by Gasteiger charge is 2.09. The standard InChI is InChI=1S/C21H21FN4O/c1-26(13-9-16-6-10-23-11-7-16)20-14-18(8-12-24-20)21(27)25-15-17-2-4-19(22)5-3-17/h2-8,10-12,14H,9,13,15H2,1H3,(H,25,27). The fourth-order valence-corrected chi connectivity index (χ4v) is 2.62. The van der Waals surface area contributed by atoms with Crippen molar-refractivity contribution in [1.29, 1.82) is 0 Å². The molecule has 1 N–H and O–H groups in total. The highest BCUT2D eigenvalue weighted by atomic mass is 19.1. The molecule has 5 nitrogen and oxygen atoms in total. The number of carbonyl (C=O) groups is 1. The molecular formula is C21H21FN4O. The summed E-state index contributed by atoms with van der Waals surface area (Å²) in [7, 11) is 1.95. The summed E-state index contributed by atoms with van der Waals surface area (Å²) in [6, 6.07) is 13.5. The molecule has 0 aliphatic rings. The zero-order chi connectivity index (χ0) is 19.1. The summed E-state index contributed by atoms with van der Waals surface area (Å²) in [5.41, 5.74) is 2.58. The number of carbonyl (C=O) groups excluding carboxylic acids is 1. The number of hydrogen-bond acceptors (Lipinski definition) is 4. The van der Waals surface area contributed by atoms with Crippen molar-refractivity contribution in [3.8, 4) is 0 Å². The number of rotatable bonds is 7. The first kappa shape index (κ1) is 18.5. The Kier molecular flexibility index (Phi) is 6.10. The van der Waals surface area contributed by atoms with E-state index in [1.165, 1.54) is 17.7 Å². The third-order valence-corrected chi connectivity index (χ3v) is 4.25. The number of halogens is 1. The molecule has 0 fully saturated rings. The van der Waals surface area contributed by atoms with E-state index in [0.29, 0.717) is 12.1 Å². The van der Waals surface area contributed by atoms with Gasteiger partial charge in [-0.15, -0.1) is 0 Å². The fourth-order valence-electron chi connectivity index (χ4n) is 2.62. The Morgan fingerprint density at radius 2 is 1.78 bits per heavy atom. The summed E-state index contributed by atoms with van der Waals surface area (Å²) in [5, 5.41) is 2.84. The van der Waals surface area contributed by atoms with Gasteiger partial charge in [0.05, 0.1) is 0 Å². The molecule has 0 aliphatic heterocycles. The van der Waals surface area contributed by atoms with Crippen molar-refractivity contribution in [2.24, 2.45) is 0 Å². The van der Waals surface area contributed by atoms with Gasteiger partial charge in [0.1, 0.15) is 11.6 Å². The Labute approximate surface area is 157 Å².